The van der Waals surface area contributed by atoms with Crippen LogP contribution in [0.2, 0.25) is 0 Å². The van der Waals surface area contributed by atoms with E-state index in [4.69, 9.17) is 4.42 Å². The van der Waals surface area contributed by atoms with Crippen LogP contribution in [0, 0.1) is 0 Å². The van der Waals surface area contributed by atoms with Crippen LogP contribution in [-0.2, 0) is 0 Å². The van der Waals surface area contributed by atoms with E-state index in [2.05, 4.69) is 4.98 Å². The molecule has 0 aliphatic heterocycles. The van der Waals surface area contributed by atoms with Crippen molar-refractivity contribution in [1.29, 1.82) is 0 Å². The Bertz CT molecular complexity index is 753. The van der Waals surface area contributed by atoms with E-state index in [1.807, 2.05) is 6.08 Å². The molecule has 0 amide bonds. The van der Waals surface area contributed by atoms with Crippen LogP contribution >= 0.6 is 0 Å². The summed E-state index contributed by atoms with van der Waals surface area (Å²) in [4.78, 5) is 29.2. The van der Waals surface area contributed by atoms with Crippen LogP contribution in [0.15, 0.2) is 34.3 Å². The number of fused-ring (bicyclic) bond motifs is 2. The van der Waals surface area contributed by atoms with Gasteiger partial charge in [-0.3, -0.25) is 9.59 Å². The first-order chi connectivity index (χ1) is 10.7. The number of aromatic nitrogens is 1. The third-order valence-corrected chi connectivity index (χ3v) is 4.30. The Balaban J connectivity index is 1.77. The van der Waals surface area contributed by atoms with Gasteiger partial charge in [0, 0.05) is 11.1 Å². The summed E-state index contributed by atoms with van der Waals surface area (Å²) in [6.45, 7) is 0. The van der Waals surface area contributed by atoms with Gasteiger partial charge in [-0.05, 0) is 31.8 Å². The average Bonchev–Trinajstić information content (AvgIpc) is 2.98. The molecule has 0 bridgehead atoms. The number of hydrogen-bond acceptors (Lipinski definition) is 4. The second kappa shape index (κ2) is 5.05. The van der Waals surface area contributed by atoms with Crippen molar-refractivity contribution in [3.63, 3.8) is 0 Å². The molecule has 2 aromatic rings. The molecule has 1 heterocycles. The lowest BCUT2D eigenvalue weighted by Gasteiger charge is -2.12. The predicted octanol–water partition coefficient (Wildman–Crippen LogP) is 3.80. The lowest BCUT2D eigenvalue weighted by molar-refractivity contribution is 0.0958. The molecular weight excluding hydrogens is 278 g/mol. The van der Waals surface area contributed by atoms with E-state index in [0.717, 1.165) is 12.8 Å². The number of rotatable bonds is 1. The predicted molar refractivity (Wildman–Crippen MR) is 80.9 cm³/mol. The fourth-order valence-corrected chi connectivity index (χ4v) is 3.16. The number of nitrogens with zero attached hydrogens (tertiary/aromatic N) is 1. The van der Waals surface area contributed by atoms with E-state index in [1.54, 1.807) is 24.3 Å². The third-order valence-electron chi connectivity index (χ3n) is 4.30. The molecule has 4 heteroatoms. The number of allylic oxidation sites excluding steroid dienone is 1. The van der Waals surface area contributed by atoms with E-state index in [9.17, 15) is 9.59 Å². The highest BCUT2D eigenvalue weighted by molar-refractivity contribution is 6.26. The van der Waals surface area contributed by atoms with Gasteiger partial charge in [-0.15, -0.1) is 0 Å². The van der Waals surface area contributed by atoms with E-state index < -0.39 is 0 Å². The molecule has 0 spiro atoms. The topological polar surface area (TPSA) is 60.2 Å². The van der Waals surface area contributed by atoms with Crippen molar-refractivity contribution in [3.8, 4) is 0 Å². The lowest BCUT2D eigenvalue weighted by Crippen LogP contribution is -2.19. The Morgan fingerprint density at radius 1 is 0.955 bits per heavy atom. The molecule has 1 fully saturated rings. The van der Waals surface area contributed by atoms with Crippen LogP contribution in [-0.4, -0.2) is 16.6 Å². The molecule has 1 saturated carbocycles. The number of ketones is 2. The van der Waals surface area contributed by atoms with Crippen LogP contribution in [0.1, 0.15) is 70.2 Å². The fourth-order valence-electron chi connectivity index (χ4n) is 3.16. The van der Waals surface area contributed by atoms with E-state index in [-0.39, 0.29) is 23.0 Å². The zero-order chi connectivity index (χ0) is 15.1. The minimum atomic E-state index is -0.258. The smallest absolute Gasteiger partial charge is 0.231 e. The van der Waals surface area contributed by atoms with Gasteiger partial charge in [-0.2, -0.15) is 0 Å². The SMILES string of the molecule is O=C1c2ccccc2C(=O)c2oc(C=C3CCCCC3)nc21. The van der Waals surface area contributed by atoms with Gasteiger partial charge in [0.2, 0.25) is 23.2 Å². The van der Waals surface area contributed by atoms with Gasteiger partial charge in [-0.1, -0.05) is 36.3 Å². The van der Waals surface area contributed by atoms with Crippen molar-refractivity contribution >= 4 is 17.6 Å². The average molecular weight is 293 g/mol. The number of carbonyl (C=O) groups is 2. The maximum Gasteiger partial charge on any atom is 0.231 e. The van der Waals surface area contributed by atoms with Crippen LogP contribution in [0.5, 0.6) is 0 Å². The summed E-state index contributed by atoms with van der Waals surface area (Å²) in [5.41, 5.74) is 2.23. The zero-order valence-electron chi connectivity index (χ0n) is 12.1. The Labute approximate surface area is 127 Å². The molecule has 2 aliphatic rings. The Morgan fingerprint density at radius 3 is 2.36 bits per heavy atom. The van der Waals surface area contributed by atoms with Crippen molar-refractivity contribution in [2.75, 3.05) is 0 Å². The summed E-state index contributed by atoms with van der Waals surface area (Å²) in [7, 11) is 0. The highest BCUT2D eigenvalue weighted by atomic mass is 16.4. The zero-order valence-corrected chi connectivity index (χ0v) is 12.1. The molecule has 1 aromatic heterocycles. The molecule has 0 radical (unpaired) electrons. The molecule has 0 N–H and O–H groups in total. The standard InChI is InChI=1S/C18H15NO3/c20-16-12-8-4-5-9-13(12)17(21)18-15(16)19-14(22-18)10-11-6-2-1-3-7-11/h4-5,8-10H,1-3,6-7H2. The summed E-state index contributed by atoms with van der Waals surface area (Å²) < 4.78 is 5.59. The quantitative estimate of drug-likeness (QED) is 0.684. The van der Waals surface area contributed by atoms with Crippen LogP contribution in [0.25, 0.3) is 6.08 Å². The van der Waals surface area contributed by atoms with Gasteiger partial charge in [0.25, 0.3) is 0 Å². The molecule has 0 atom stereocenters. The van der Waals surface area contributed by atoms with E-state index in [0.29, 0.717) is 17.0 Å². The van der Waals surface area contributed by atoms with Gasteiger partial charge >= 0.3 is 0 Å². The number of oxazole rings is 1. The van der Waals surface area contributed by atoms with Crippen LogP contribution < -0.4 is 0 Å². The minimum absolute atomic E-state index is 0.0753. The summed E-state index contributed by atoms with van der Waals surface area (Å²) in [5, 5.41) is 0. The molecule has 4 nitrogen and oxygen atoms in total. The summed E-state index contributed by atoms with van der Waals surface area (Å²) in [6.07, 6.45) is 7.57. The van der Waals surface area contributed by atoms with E-state index in [1.165, 1.54) is 24.8 Å². The van der Waals surface area contributed by atoms with Gasteiger partial charge < -0.3 is 4.42 Å². The van der Waals surface area contributed by atoms with Gasteiger partial charge in [0.15, 0.2) is 5.69 Å². The molecule has 110 valence electrons. The third kappa shape index (κ3) is 2.03. The molecule has 2 aliphatic carbocycles. The van der Waals surface area contributed by atoms with Crippen molar-refractivity contribution in [2.24, 2.45) is 0 Å². The lowest BCUT2D eigenvalue weighted by atomic mass is 9.91. The second-order valence-electron chi connectivity index (χ2n) is 5.80. The normalized spacial score (nSPS) is 17.2. The van der Waals surface area contributed by atoms with Gasteiger partial charge in [0.1, 0.15) is 0 Å². The fraction of sp³-hybridized carbons (Fsp3) is 0.278. The van der Waals surface area contributed by atoms with Crippen molar-refractivity contribution < 1.29 is 14.0 Å². The van der Waals surface area contributed by atoms with Crippen LogP contribution in [0.4, 0.5) is 0 Å². The van der Waals surface area contributed by atoms with Crippen molar-refractivity contribution in [3.05, 3.63) is 58.3 Å². The van der Waals surface area contributed by atoms with Gasteiger partial charge in [-0.25, -0.2) is 4.98 Å². The van der Waals surface area contributed by atoms with Gasteiger partial charge in [0.05, 0.1) is 0 Å². The molecular formula is C18H15NO3. The first kappa shape index (κ1) is 13.2. The monoisotopic (exact) mass is 293 g/mol. The highest BCUT2D eigenvalue weighted by Crippen LogP contribution is 2.30. The Morgan fingerprint density at radius 2 is 1.64 bits per heavy atom. The number of carbonyl (C=O) groups excluding carboxylic acids is 2. The Kier molecular flexibility index (Phi) is 3.03. The van der Waals surface area contributed by atoms with Crippen molar-refractivity contribution in [2.45, 2.75) is 32.1 Å². The molecule has 0 saturated heterocycles. The summed E-state index contributed by atoms with van der Waals surface area (Å²) in [6, 6.07) is 6.81. The minimum Gasteiger partial charge on any atom is -0.432 e. The highest BCUT2D eigenvalue weighted by Gasteiger charge is 2.34. The van der Waals surface area contributed by atoms with Crippen molar-refractivity contribution in [1.82, 2.24) is 4.98 Å². The largest absolute Gasteiger partial charge is 0.432 e. The maximum absolute atomic E-state index is 12.5. The first-order valence-corrected chi connectivity index (χ1v) is 7.63. The number of hydrogen-bond donors (Lipinski definition) is 0. The summed E-state index contributed by atoms with van der Waals surface area (Å²) >= 11 is 0. The maximum atomic E-state index is 12.5. The molecule has 0 unspecified atom stereocenters. The number of benzene rings is 1. The second-order valence-corrected chi connectivity index (χ2v) is 5.80. The molecule has 22 heavy (non-hydrogen) atoms. The molecule has 1 aromatic carbocycles. The molecule has 4 rings (SSSR count). The van der Waals surface area contributed by atoms with Crippen LogP contribution in [0.3, 0.4) is 0 Å². The van der Waals surface area contributed by atoms with E-state index >= 15 is 0 Å². The summed E-state index contributed by atoms with van der Waals surface area (Å²) in [5.74, 6) is -0.0454. The Hall–Kier alpha value is -2.49. The first-order valence-electron chi connectivity index (χ1n) is 7.63.